The minimum absolute atomic E-state index is 0.0799. The Bertz CT molecular complexity index is 1330. The highest BCUT2D eigenvalue weighted by Gasteiger charge is 2.31. The Morgan fingerprint density at radius 2 is 1.69 bits per heavy atom. The van der Waals surface area contributed by atoms with Crippen LogP contribution in [-0.4, -0.2) is 37.8 Å². The molecule has 4 rings (SSSR count). The quantitative estimate of drug-likeness (QED) is 0.170. The maximum atomic E-state index is 12.9. The number of rotatable bonds is 6. The third-order valence-corrected chi connectivity index (χ3v) is 6.81. The number of nitriles is 1. The summed E-state index contributed by atoms with van der Waals surface area (Å²) < 4.78 is 5.33. The normalized spacial score (nSPS) is 12.9. The van der Waals surface area contributed by atoms with Gasteiger partial charge in [0.05, 0.1) is 29.9 Å². The number of ketones is 1. The summed E-state index contributed by atoms with van der Waals surface area (Å²) in [6.45, 7) is 0. The maximum Gasteiger partial charge on any atom is 0.173 e. The topological polar surface area (TPSA) is 68.9 Å². The van der Waals surface area contributed by atoms with E-state index in [0.29, 0.717) is 38.5 Å². The zero-order valence-electron chi connectivity index (χ0n) is 19.5. The van der Waals surface area contributed by atoms with Gasteiger partial charge in [-0.3, -0.25) is 4.79 Å². The van der Waals surface area contributed by atoms with Gasteiger partial charge >= 0.3 is 0 Å². The molecule has 0 atom stereocenters. The van der Waals surface area contributed by atoms with Crippen LogP contribution in [0.3, 0.4) is 0 Å². The number of halogens is 1. The molecule has 0 saturated heterocycles. The molecule has 0 amide bonds. The number of fused-ring (bicyclic) bond motifs is 1. The smallest absolute Gasteiger partial charge is 0.173 e. The van der Waals surface area contributed by atoms with Crippen LogP contribution in [0.4, 0.5) is 17.1 Å². The lowest BCUT2D eigenvalue weighted by atomic mass is 10.1. The Hall–Kier alpha value is -3.73. The van der Waals surface area contributed by atoms with Crippen molar-refractivity contribution in [3.05, 3.63) is 94.8 Å². The Morgan fingerprint density at radius 3 is 2.29 bits per heavy atom. The molecule has 8 heteroatoms. The average Bonchev–Trinajstić information content (AvgIpc) is 3.13. The summed E-state index contributed by atoms with van der Waals surface area (Å²) in [4.78, 5) is 21.6. The number of carbonyl (C=O) groups is 1. The van der Waals surface area contributed by atoms with Crippen molar-refractivity contribution < 1.29 is 9.53 Å². The number of para-hydroxylation sites is 2. The monoisotopic (exact) mass is 502 g/mol. The second kappa shape index (κ2) is 10.7. The van der Waals surface area contributed by atoms with Crippen molar-refractivity contribution in [3.8, 4) is 11.8 Å². The Morgan fingerprint density at radius 1 is 1.03 bits per heavy atom. The van der Waals surface area contributed by atoms with Crippen LogP contribution in [-0.2, 0) is 0 Å². The van der Waals surface area contributed by atoms with E-state index in [0.717, 1.165) is 11.4 Å². The third-order valence-electron chi connectivity index (χ3n) is 5.58. The summed E-state index contributed by atoms with van der Waals surface area (Å²) in [5, 5.41) is 11.3. The largest absolute Gasteiger partial charge is 0.497 e. The second-order valence-corrected chi connectivity index (χ2v) is 9.15. The summed E-state index contributed by atoms with van der Waals surface area (Å²) in [5.41, 5.74) is 3.53. The van der Waals surface area contributed by atoms with Crippen LogP contribution in [0.25, 0.3) is 0 Å². The fourth-order valence-corrected chi connectivity index (χ4v) is 4.84. The van der Waals surface area contributed by atoms with Crippen LogP contribution in [0, 0.1) is 11.3 Å². The van der Waals surface area contributed by atoms with Crippen molar-refractivity contribution in [2.45, 2.75) is 0 Å². The van der Waals surface area contributed by atoms with Crippen molar-refractivity contribution in [1.82, 2.24) is 0 Å². The summed E-state index contributed by atoms with van der Waals surface area (Å²) in [5.74, 6) is 1.38. The minimum atomic E-state index is -0.0799. The first-order valence-corrected chi connectivity index (χ1v) is 12.1. The van der Waals surface area contributed by atoms with Gasteiger partial charge in [0.25, 0.3) is 0 Å². The molecule has 0 aliphatic carbocycles. The minimum Gasteiger partial charge on any atom is -0.497 e. The van der Waals surface area contributed by atoms with Gasteiger partial charge in [0.1, 0.15) is 28.3 Å². The summed E-state index contributed by atoms with van der Waals surface area (Å²) in [6, 6.07) is 24.3. The molecule has 176 valence electrons. The van der Waals surface area contributed by atoms with Crippen molar-refractivity contribution in [2.75, 3.05) is 36.8 Å². The number of ether oxygens (including phenoxy) is 1. The lowest BCUT2D eigenvalue weighted by Gasteiger charge is -2.21. The van der Waals surface area contributed by atoms with Gasteiger partial charge in [0, 0.05) is 30.7 Å². The predicted molar refractivity (Wildman–Crippen MR) is 144 cm³/mol. The summed E-state index contributed by atoms with van der Waals surface area (Å²) in [6.07, 6.45) is 0. The number of thioether (sulfide) groups is 1. The molecular weight excluding hydrogens is 480 g/mol. The highest BCUT2D eigenvalue weighted by Crippen LogP contribution is 2.41. The van der Waals surface area contributed by atoms with Gasteiger partial charge in [0.15, 0.2) is 5.78 Å². The lowest BCUT2D eigenvalue weighted by Crippen LogP contribution is -2.26. The number of anilines is 2. The van der Waals surface area contributed by atoms with E-state index in [4.69, 9.17) is 21.3 Å². The van der Waals surface area contributed by atoms with Crippen LogP contribution in [0.15, 0.2) is 89.2 Å². The number of aliphatic imine (C=N–C) groups is 1. The number of methoxy groups -OCH3 is 1. The van der Waals surface area contributed by atoms with E-state index in [1.165, 1.54) is 11.8 Å². The first kappa shape index (κ1) is 24.4. The second-order valence-electron chi connectivity index (χ2n) is 7.75. The van der Waals surface area contributed by atoms with Gasteiger partial charge in [-0.15, -0.1) is 0 Å². The fourth-order valence-electron chi connectivity index (χ4n) is 3.82. The average molecular weight is 503 g/mol. The highest BCUT2D eigenvalue weighted by atomic mass is 35.5. The standard InChI is InChI=1S/C27H23ClN4O2S/c1-31-23-9-4-5-10-24(23)32(2)27(31)22(16-29)26(30-20-7-6-8-21(15-20)34-3)35-17-25(33)18-11-13-19(28)14-12-18/h4-15H,17H2,1-3H3. The Balaban J connectivity index is 1.75. The molecule has 6 nitrogen and oxygen atoms in total. The molecule has 0 spiro atoms. The van der Waals surface area contributed by atoms with Crippen LogP contribution < -0.4 is 14.5 Å². The van der Waals surface area contributed by atoms with Gasteiger partial charge in [0.2, 0.25) is 0 Å². The summed E-state index contributed by atoms with van der Waals surface area (Å²) in [7, 11) is 5.43. The molecule has 0 radical (unpaired) electrons. The molecule has 35 heavy (non-hydrogen) atoms. The number of hydrogen-bond acceptors (Lipinski definition) is 7. The maximum absolute atomic E-state index is 12.9. The molecule has 0 aromatic heterocycles. The van der Waals surface area contributed by atoms with Gasteiger partial charge < -0.3 is 14.5 Å². The van der Waals surface area contributed by atoms with Gasteiger partial charge in [-0.1, -0.05) is 41.6 Å². The van der Waals surface area contributed by atoms with E-state index in [2.05, 4.69) is 6.07 Å². The van der Waals surface area contributed by atoms with Crippen molar-refractivity contribution in [1.29, 1.82) is 5.26 Å². The lowest BCUT2D eigenvalue weighted by molar-refractivity contribution is 0.102. The molecule has 1 aliphatic heterocycles. The number of hydrogen-bond donors (Lipinski definition) is 0. The van der Waals surface area contributed by atoms with E-state index in [1.54, 1.807) is 37.4 Å². The van der Waals surface area contributed by atoms with Gasteiger partial charge in [-0.25, -0.2) is 4.99 Å². The summed E-state index contributed by atoms with van der Waals surface area (Å²) >= 11 is 7.19. The Kier molecular flexibility index (Phi) is 7.45. The van der Waals surface area contributed by atoms with Crippen molar-refractivity contribution >= 4 is 51.3 Å². The molecule has 0 fully saturated rings. The molecule has 0 bridgehead atoms. The molecule has 0 unspecified atom stereocenters. The number of benzene rings is 3. The van der Waals surface area contributed by atoms with Crippen molar-refractivity contribution in [2.24, 2.45) is 4.99 Å². The fraction of sp³-hybridized carbons (Fsp3) is 0.148. The molecule has 3 aromatic rings. The first-order chi connectivity index (χ1) is 16.9. The van der Waals surface area contributed by atoms with E-state index >= 15 is 0 Å². The SMILES string of the molecule is COc1cccc(N=C(SCC(=O)c2ccc(Cl)cc2)C(C#N)=C2N(C)c3ccccc3N2C)c1. The van der Waals surface area contributed by atoms with E-state index < -0.39 is 0 Å². The highest BCUT2D eigenvalue weighted by molar-refractivity contribution is 8.15. The number of nitrogens with zero attached hydrogens (tertiary/aromatic N) is 4. The Labute approximate surface area is 214 Å². The van der Waals surface area contributed by atoms with Crippen LogP contribution in [0.1, 0.15) is 10.4 Å². The molecule has 1 heterocycles. The first-order valence-electron chi connectivity index (χ1n) is 10.8. The zero-order valence-corrected chi connectivity index (χ0v) is 21.1. The van der Waals surface area contributed by atoms with Crippen LogP contribution in [0.5, 0.6) is 5.75 Å². The third kappa shape index (κ3) is 5.19. The number of carbonyl (C=O) groups excluding carboxylic acids is 1. The molecule has 0 saturated carbocycles. The van der Waals surface area contributed by atoms with E-state index in [1.807, 2.05) is 66.4 Å². The predicted octanol–water partition coefficient (Wildman–Crippen LogP) is 6.32. The molecule has 3 aromatic carbocycles. The van der Waals surface area contributed by atoms with Gasteiger partial charge in [-0.2, -0.15) is 5.26 Å². The molecular formula is C27H23ClN4O2S. The molecule has 0 N–H and O–H groups in total. The van der Waals surface area contributed by atoms with Crippen LogP contribution >= 0.6 is 23.4 Å². The van der Waals surface area contributed by atoms with E-state index in [9.17, 15) is 10.1 Å². The van der Waals surface area contributed by atoms with Crippen LogP contribution in [0.2, 0.25) is 5.02 Å². The van der Waals surface area contributed by atoms with Crippen molar-refractivity contribution in [3.63, 3.8) is 0 Å². The zero-order chi connectivity index (χ0) is 24.9. The molecule has 1 aliphatic rings. The van der Waals surface area contributed by atoms with E-state index in [-0.39, 0.29) is 11.5 Å². The van der Waals surface area contributed by atoms with Gasteiger partial charge in [-0.05, 0) is 48.5 Å². The number of Topliss-reactive ketones (excluding diaryl/α,β-unsaturated/α-hetero) is 1.